The van der Waals surface area contributed by atoms with E-state index in [1.54, 1.807) is 12.1 Å². The van der Waals surface area contributed by atoms with Gasteiger partial charge in [-0.25, -0.2) is 0 Å². The van der Waals surface area contributed by atoms with E-state index < -0.39 is 0 Å². The smallest absolute Gasteiger partial charge is 0.223 e. The summed E-state index contributed by atoms with van der Waals surface area (Å²) in [6.45, 7) is 6.81. The number of nitrogens with one attached hydrogen (secondary N) is 1. The van der Waals surface area contributed by atoms with Crippen LogP contribution in [0.3, 0.4) is 0 Å². The third kappa shape index (κ3) is 5.43. The standard InChI is InChI=1S/C15H24N4O2/c1-3-19(4-2)14(20)9-10-17-11-12-5-7-13(8-6-12)15(16)18-21/h5-8,17,21H,3-4,9-11H2,1-2H3,(H2,16,18). The monoisotopic (exact) mass is 292 g/mol. The predicted octanol–water partition coefficient (Wildman–Crippen LogP) is 1.13. The minimum absolute atomic E-state index is 0.0966. The van der Waals surface area contributed by atoms with Crippen LogP contribution in [0.4, 0.5) is 0 Å². The molecule has 4 N–H and O–H groups in total. The molecule has 0 bridgehead atoms. The van der Waals surface area contributed by atoms with E-state index in [0.29, 0.717) is 25.1 Å². The van der Waals surface area contributed by atoms with Gasteiger partial charge in [0.2, 0.25) is 5.91 Å². The van der Waals surface area contributed by atoms with Crippen molar-refractivity contribution in [3.8, 4) is 0 Å². The minimum Gasteiger partial charge on any atom is -0.409 e. The first kappa shape index (κ1) is 17.0. The highest BCUT2D eigenvalue weighted by Crippen LogP contribution is 2.04. The van der Waals surface area contributed by atoms with Crippen molar-refractivity contribution in [2.24, 2.45) is 10.9 Å². The van der Waals surface area contributed by atoms with Crippen molar-refractivity contribution in [1.29, 1.82) is 0 Å². The van der Waals surface area contributed by atoms with Crippen molar-refractivity contribution in [2.75, 3.05) is 19.6 Å². The van der Waals surface area contributed by atoms with Gasteiger partial charge < -0.3 is 21.2 Å². The molecule has 0 fully saturated rings. The van der Waals surface area contributed by atoms with Crippen LogP contribution in [-0.2, 0) is 11.3 Å². The fourth-order valence-electron chi connectivity index (χ4n) is 2.01. The average molecular weight is 292 g/mol. The fourth-order valence-corrected chi connectivity index (χ4v) is 2.01. The molecule has 0 aromatic heterocycles. The molecule has 0 aliphatic heterocycles. The Morgan fingerprint density at radius 2 is 1.90 bits per heavy atom. The van der Waals surface area contributed by atoms with E-state index in [0.717, 1.165) is 18.7 Å². The topological polar surface area (TPSA) is 91.0 Å². The SMILES string of the molecule is CCN(CC)C(=O)CCNCc1ccc(/C(N)=N/O)cc1. The number of nitrogens with zero attached hydrogens (tertiary/aromatic N) is 2. The van der Waals surface area contributed by atoms with Gasteiger partial charge in [0.1, 0.15) is 0 Å². The van der Waals surface area contributed by atoms with Crippen LogP contribution in [0.1, 0.15) is 31.4 Å². The molecule has 0 atom stereocenters. The van der Waals surface area contributed by atoms with Crippen molar-refractivity contribution in [3.63, 3.8) is 0 Å². The number of hydrogen-bond acceptors (Lipinski definition) is 4. The number of hydrogen-bond donors (Lipinski definition) is 3. The molecule has 1 amide bonds. The largest absolute Gasteiger partial charge is 0.409 e. The minimum atomic E-state index is 0.0966. The van der Waals surface area contributed by atoms with E-state index in [-0.39, 0.29) is 11.7 Å². The maximum atomic E-state index is 11.8. The van der Waals surface area contributed by atoms with Gasteiger partial charge in [0, 0.05) is 38.2 Å². The summed E-state index contributed by atoms with van der Waals surface area (Å²) in [5, 5.41) is 14.8. The Labute approximate surface area is 125 Å². The van der Waals surface area contributed by atoms with Crippen molar-refractivity contribution in [3.05, 3.63) is 35.4 Å². The highest BCUT2D eigenvalue weighted by molar-refractivity contribution is 5.96. The van der Waals surface area contributed by atoms with E-state index >= 15 is 0 Å². The van der Waals surface area contributed by atoms with Gasteiger partial charge in [0.05, 0.1) is 0 Å². The summed E-state index contributed by atoms with van der Waals surface area (Å²) >= 11 is 0. The summed E-state index contributed by atoms with van der Waals surface area (Å²) < 4.78 is 0. The molecule has 0 aliphatic carbocycles. The summed E-state index contributed by atoms with van der Waals surface area (Å²) in [6.07, 6.45) is 0.504. The molecule has 1 rings (SSSR count). The molecule has 6 nitrogen and oxygen atoms in total. The Hall–Kier alpha value is -2.08. The Kier molecular flexibility index (Phi) is 7.25. The lowest BCUT2D eigenvalue weighted by Gasteiger charge is -2.18. The molecular weight excluding hydrogens is 268 g/mol. The van der Waals surface area contributed by atoms with Crippen LogP contribution in [0.15, 0.2) is 29.4 Å². The molecule has 116 valence electrons. The molecule has 0 saturated carbocycles. The van der Waals surface area contributed by atoms with E-state index in [1.165, 1.54) is 0 Å². The van der Waals surface area contributed by atoms with Gasteiger partial charge in [-0.05, 0) is 19.4 Å². The molecule has 0 radical (unpaired) electrons. The van der Waals surface area contributed by atoms with E-state index in [9.17, 15) is 4.79 Å². The van der Waals surface area contributed by atoms with E-state index in [2.05, 4.69) is 10.5 Å². The number of amidine groups is 1. The molecule has 0 aliphatic rings. The summed E-state index contributed by atoms with van der Waals surface area (Å²) in [7, 11) is 0. The van der Waals surface area contributed by atoms with Crippen molar-refractivity contribution in [2.45, 2.75) is 26.8 Å². The predicted molar refractivity (Wildman–Crippen MR) is 83.2 cm³/mol. The first-order valence-corrected chi connectivity index (χ1v) is 7.17. The lowest BCUT2D eigenvalue weighted by atomic mass is 10.1. The first-order valence-electron chi connectivity index (χ1n) is 7.17. The molecule has 0 heterocycles. The fraction of sp³-hybridized carbons (Fsp3) is 0.467. The number of carbonyl (C=O) groups is 1. The molecule has 0 spiro atoms. The van der Waals surface area contributed by atoms with Crippen LogP contribution in [0.2, 0.25) is 0 Å². The molecular formula is C15H24N4O2. The Bertz CT molecular complexity index is 467. The summed E-state index contributed by atoms with van der Waals surface area (Å²) in [4.78, 5) is 13.6. The quantitative estimate of drug-likeness (QED) is 0.220. The first-order chi connectivity index (χ1) is 10.1. The lowest BCUT2D eigenvalue weighted by molar-refractivity contribution is -0.130. The van der Waals surface area contributed by atoms with Crippen LogP contribution in [0.25, 0.3) is 0 Å². The van der Waals surface area contributed by atoms with Crippen LogP contribution in [-0.4, -0.2) is 41.5 Å². The highest BCUT2D eigenvalue weighted by Gasteiger charge is 2.08. The van der Waals surface area contributed by atoms with E-state index in [4.69, 9.17) is 10.9 Å². The second-order valence-corrected chi connectivity index (χ2v) is 4.67. The Balaban J connectivity index is 2.35. The molecule has 1 aromatic carbocycles. The maximum Gasteiger partial charge on any atom is 0.223 e. The molecule has 0 saturated heterocycles. The van der Waals surface area contributed by atoms with Crippen LogP contribution >= 0.6 is 0 Å². The van der Waals surface area contributed by atoms with Crippen molar-refractivity contribution >= 4 is 11.7 Å². The van der Waals surface area contributed by atoms with Gasteiger partial charge in [-0.2, -0.15) is 0 Å². The van der Waals surface area contributed by atoms with Crippen molar-refractivity contribution < 1.29 is 10.0 Å². The molecule has 21 heavy (non-hydrogen) atoms. The number of oxime groups is 1. The molecule has 1 aromatic rings. The van der Waals surface area contributed by atoms with Gasteiger partial charge in [-0.1, -0.05) is 29.4 Å². The summed E-state index contributed by atoms with van der Waals surface area (Å²) in [5.41, 5.74) is 7.26. The number of benzene rings is 1. The number of nitrogens with two attached hydrogens (primary N) is 1. The third-order valence-corrected chi connectivity index (χ3v) is 3.32. The average Bonchev–Trinajstić information content (AvgIpc) is 2.52. The normalized spacial score (nSPS) is 11.4. The maximum absolute atomic E-state index is 11.8. The van der Waals surface area contributed by atoms with Gasteiger partial charge in [0.25, 0.3) is 0 Å². The zero-order valence-electron chi connectivity index (χ0n) is 12.7. The summed E-state index contributed by atoms with van der Waals surface area (Å²) in [5.74, 6) is 0.272. The number of amides is 1. The molecule has 6 heteroatoms. The third-order valence-electron chi connectivity index (χ3n) is 3.32. The van der Waals surface area contributed by atoms with Crippen LogP contribution in [0.5, 0.6) is 0 Å². The number of rotatable bonds is 8. The van der Waals surface area contributed by atoms with Gasteiger partial charge in [0.15, 0.2) is 5.84 Å². The zero-order chi connectivity index (χ0) is 15.7. The van der Waals surface area contributed by atoms with E-state index in [1.807, 2.05) is 30.9 Å². The highest BCUT2D eigenvalue weighted by atomic mass is 16.4. The zero-order valence-corrected chi connectivity index (χ0v) is 12.7. The van der Waals surface area contributed by atoms with Gasteiger partial charge in [-0.15, -0.1) is 0 Å². The van der Waals surface area contributed by atoms with Gasteiger partial charge >= 0.3 is 0 Å². The van der Waals surface area contributed by atoms with Crippen LogP contribution in [0, 0.1) is 0 Å². The second-order valence-electron chi connectivity index (χ2n) is 4.67. The Morgan fingerprint density at radius 3 is 2.43 bits per heavy atom. The van der Waals surface area contributed by atoms with Crippen molar-refractivity contribution in [1.82, 2.24) is 10.2 Å². The molecule has 0 unspecified atom stereocenters. The second kappa shape index (κ2) is 8.97. The summed E-state index contributed by atoms with van der Waals surface area (Å²) in [6, 6.07) is 7.42. The Morgan fingerprint density at radius 1 is 1.29 bits per heavy atom. The number of carbonyl (C=O) groups excluding carboxylic acids is 1. The van der Waals surface area contributed by atoms with Gasteiger partial charge in [-0.3, -0.25) is 4.79 Å². The van der Waals surface area contributed by atoms with Crippen LogP contribution < -0.4 is 11.1 Å². The lowest BCUT2D eigenvalue weighted by Crippen LogP contribution is -2.32.